The van der Waals surface area contributed by atoms with Crippen molar-refractivity contribution in [2.24, 2.45) is 5.92 Å². The maximum atomic E-state index is 12.1. The molecule has 0 unspecified atom stereocenters. The maximum Gasteiger partial charge on any atom is 0.410 e. The summed E-state index contributed by atoms with van der Waals surface area (Å²) in [5.74, 6) is -0.253. The van der Waals surface area contributed by atoms with Crippen molar-refractivity contribution >= 4 is 59.9 Å². The minimum absolute atomic E-state index is 0.181. The van der Waals surface area contributed by atoms with Crippen molar-refractivity contribution in [1.82, 2.24) is 4.90 Å². The highest BCUT2D eigenvalue weighted by molar-refractivity contribution is 9.40. The van der Waals surface area contributed by atoms with Crippen LogP contribution >= 0.6 is 47.8 Å². The monoisotopic (exact) mass is 519 g/mol. The van der Waals surface area contributed by atoms with Crippen molar-refractivity contribution in [2.45, 2.75) is 60.8 Å². The van der Waals surface area contributed by atoms with E-state index in [1.807, 2.05) is 34.6 Å². The topological polar surface area (TPSA) is 55.8 Å². The summed E-state index contributed by atoms with van der Waals surface area (Å²) in [6, 6.07) is 0. The summed E-state index contributed by atoms with van der Waals surface area (Å²) in [5, 5.41) is 0. The van der Waals surface area contributed by atoms with Gasteiger partial charge in [-0.05, 0) is 95.3 Å². The molecule has 0 spiro atoms. The Morgan fingerprint density at radius 3 is 1.83 bits per heavy atom. The molecular weight excluding hydrogens is 498 g/mol. The highest BCUT2D eigenvalue weighted by Crippen LogP contribution is 2.39. The van der Waals surface area contributed by atoms with Crippen molar-refractivity contribution in [3.63, 3.8) is 0 Å². The van der Waals surface area contributed by atoms with E-state index in [0.29, 0.717) is 13.1 Å². The standard InChI is InChI=1S/C15H24Br3NO4/c1-13(2,3)23-12(21)19-8-6-10(7-9-19)14(4,5)22-11(20)15(16,17)18/h10H,6-9H2,1-5H3. The highest BCUT2D eigenvalue weighted by Gasteiger charge is 2.41. The predicted molar refractivity (Wildman–Crippen MR) is 100 cm³/mol. The predicted octanol–water partition coefficient (Wildman–Crippen LogP) is 4.79. The van der Waals surface area contributed by atoms with E-state index in [1.165, 1.54) is 0 Å². The van der Waals surface area contributed by atoms with Crippen molar-refractivity contribution < 1.29 is 19.1 Å². The summed E-state index contributed by atoms with van der Waals surface area (Å²) >= 11 is 9.50. The van der Waals surface area contributed by atoms with E-state index in [0.717, 1.165) is 12.8 Å². The molecule has 8 heteroatoms. The molecule has 1 amide bonds. The van der Waals surface area contributed by atoms with Gasteiger partial charge in [-0.3, -0.25) is 0 Å². The van der Waals surface area contributed by atoms with Crippen LogP contribution < -0.4 is 0 Å². The molecule has 0 aliphatic carbocycles. The Labute approximate surface area is 163 Å². The van der Waals surface area contributed by atoms with Crippen molar-refractivity contribution in [1.29, 1.82) is 0 Å². The number of halogens is 3. The Morgan fingerprint density at radius 1 is 0.957 bits per heavy atom. The number of carbonyl (C=O) groups is 2. The molecule has 1 saturated heterocycles. The summed E-state index contributed by atoms with van der Waals surface area (Å²) < 4.78 is 9.93. The highest BCUT2D eigenvalue weighted by atomic mass is 80.0. The van der Waals surface area contributed by atoms with Crippen molar-refractivity contribution in [3.8, 4) is 0 Å². The van der Waals surface area contributed by atoms with Gasteiger partial charge in [-0.15, -0.1) is 0 Å². The van der Waals surface area contributed by atoms with E-state index >= 15 is 0 Å². The summed E-state index contributed by atoms with van der Waals surface area (Å²) in [6.07, 6.45) is 1.24. The largest absolute Gasteiger partial charge is 0.457 e. The van der Waals surface area contributed by atoms with Crippen molar-refractivity contribution in [2.75, 3.05) is 13.1 Å². The third-order valence-electron chi connectivity index (χ3n) is 3.72. The second-order valence-corrected chi connectivity index (χ2v) is 14.0. The van der Waals surface area contributed by atoms with Crippen LogP contribution in [-0.2, 0) is 14.3 Å². The molecule has 0 radical (unpaired) electrons. The van der Waals surface area contributed by atoms with Crippen LogP contribution in [-0.4, -0.2) is 43.4 Å². The number of rotatable bonds is 2. The Hall–Kier alpha value is 0.180. The first-order valence-electron chi connectivity index (χ1n) is 7.50. The van der Waals surface area contributed by atoms with Crippen LogP contribution in [0.25, 0.3) is 0 Å². The smallest absolute Gasteiger partial charge is 0.410 e. The molecule has 0 aromatic carbocycles. The Balaban J connectivity index is 2.58. The van der Waals surface area contributed by atoms with Gasteiger partial charge in [0.25, 0.3) is 0 Å². The number of piperidine rings is 1. The first-order chi connectivity index (χ1) is 10.2. The number of nitrogens with zero attached hydrogens (tertiary/aromatic N) is 1. The van der Waals surface area contributed by atoms with Gasteiger partial charge in [-0.1, -0.05) is 0 Å². The Morgan fingerprint density at radius 2 is 1.43 bits per heavy atom. The summed E-state index contributed by atoms with van der Waals surface area (Å²) in [7, 11) is 0. The quantitative estimate of drug-likeness (QED) is 0.387. The van der Waals surface area contributed by atoms with E-state index in [9.17, 15) is 9.59 Å². The van der Waals surface area contributed by atoms with Gasteiger partial charge in [0.1, 0.15) is 11.2 Å². The van der Waals surface area contributed by atoms with Gasteiger partial charge in [-0.2, -0.15) is 0 Å². The fourth-order valence-electron chi connectivity index (χ4n) is 2.46. The second kappa shape index (κ2) is 7.60. The molecule has 0 saturated carbocycles. The first kappa shape index (κ1) is 21.2. The third-order valence-corrected chi connectivity index (χ3v) is 4.69. The minimum atomic E-state index is -1.07. The molecule has 134 valence electrons. The van der Waals surface area contributed by atoms with E-state index in [2.05, 4.69) is 47.8 Å². The Kier molecular flexibility index (Phi) is 7.01. The lowest BCUT2D eigenvalue weighted by Gasteiger charge is -2.40. The Bertz CT molecular complexity index is 447. The normalized spacial score (nSPS) is 17.8. The lowest BCUT2D eigenvalue weighted by atomic mass is 9.83. The third kappa shape index (κ3) is 6.90. The lowest BCUT2D eigenvalue weighted by molar-refractivity contribution is -0.161. The number of alkyl halides is 3. The van der Waals surface area contributed by atoms with Gasteiger partial charge in [0.05, 0.1) is 0 Å². The molecule has 23 heavy (non-hydrogen) atoms. The van der Waals surface area contributed by atoms with E-state index in [4.69, 9.17) is 9.47 Å². The van der Waals surface area contributed by atoms with Crippen LogP contribution in [0.15, 0.2) is 0 Å². The summed E-state index contributed by atoms with van der Waals surface area (Å²) in [4.78, 5) is 25.8. The van der Waals surface area contributed by atoms with Gasteiger partial charge in [0.15, 0.2) is 0 Å². The van der Waals surface area contributed by atoms with E-state index < -0.39 is 19.3 Å². The van der Waals surface area contributed by atoms with Gasteiger partial charge in [0.2, 0.25) is 2.14 Å². The van der Waals surface area contributed by atoms with Gasteiger partial charge in [-0.25, -0.2) is 9.59 Å². The molecule has 0 atom stereocenters. The number of ether oxygens (including phenoxy) is 2. The van der Waals surface area contributed by atoms with Crippen LogP contribution in [0.3, 0.4) is 0 Å². The zero-order chi connectivity index (χ0) is 18.1. The van der Waals surface area contributed by atoms with Gasteiger partial charge in [0, 0.05) is 19.0 Å². The second-order valence-electron chi connectivity index (χ2n) is 7.23. The zero-order valence-corrected chi connectivity index (χ0v) is 18.9. The van der Waals surface area contributed by atoms with E-state index in [-0.39, 0.29) is 12.0 Å². The van der Waals surface area contributed by atoms with Gasteiger partial charge < -0.3 is 14.4 Å². The van der Waals surface area contributed by atoms with Crippen LogP contribution in [0.2, 0.25) is 0 Å². The lowest BCUT2D eigenvalue weighted by Crippen LogP contribution is -2.48. The molecule has 5 nitrogen and oxygen atoms in total. The minimum Gasteiger partial charge on any atom is -0.457 e. The number of carbonyl (C=O) groups excluding carboxylic acids is 2. The molecule has 1 aliphatic heterocycles. The number of hydrogen-bond donors (Lipinski definition) is 0. The SMILES string of the molecule is CC(C)(C)OC(=O)N1CCC(C(C)(C)OC(=O)C(Br)(Br)Br)CC1. The molecule has 1 heterocycles. The average molecular weight is 522 g/mol. The molecule has 0 bridgehead atoms. The molecule has 1 fully saturated rings. The molecule has 1 rings (SSSR count). The average Bonchev–Trinajstić information content (AvgIpc) is 2.35. The fraction of sp³-hybridized carbons (Fsp3) is 0.867. The molecule has 0 aromatic heterocycles. The number of hydrogen-bond acceptors (Lipinski definition) is 4. The summed E-state index contributed by atoms with van der Waals surface area (Å²) in [5.41, 5.74) is -1.11. The van der Waals surface area contributed by atoms with Crippen LogP contribution in [0.5, 0.6) is 0 Å². The van der Waals surface area contributed by atoms with Gasteiger partial charge >= 0.3 is 12.1 Å². The molecule has 0 aromatic rings. The molecule has 1 aliphatic rings. The molecule has 0 N–H and O–H groups in total. The fourth-order valence-corrected chi connectivity index (χ4v) is 2.71. The van der Waals surface area contributed by atoms with E-state index in [1.54, 1.807) is 4.90 Å². The number of likely N-dealkylation sites (tertiary alicyclic amines) is 1. The van der Waals surface area contributed by atoms with Crippen molar-refractivity contribution in [3.05, 3.63) is 0 Å². The number of esters is 1. The maximum absolute atomic E-state index is 12.1. The summed E-state index contributed by atoms with van der Waals surface area (Å²) in [6.45, 7) is 10.6. The molecular formula is C15H24Br3NO4. The van der Waals surface area contributed by atoms with Crippen LogP contribution in [0.1, 0.15) is 47.5 Å². The number of amides is 1. The zero-order valence-electron chi connectivity index (χ0n) is 14.1. The first-order valence-corrected chi connectivity index (χ1v) is 9.88. The van der Waals surface area contributed by atoms with Crippen LogP contribution in [0.4, 0.5) is 4.79 Å². The van der Waals surface area contributed by atoms with Crippen LogP contribution in [0, 0.1) is 5.92 Å².